The van der Waals surface area contributed by atoms with Gasteiger partial charge in [-0.05, 0) is 105 Å². The molecule has 2 N–H and O–H groups in total. The molecule has 0 atom stereocenters. The van der Waals surface area contributed by atoms with Crippen LogP contribution in [0, 0.1) is 0 Å². The van der Waals surface area contributed by atoms with Crippen molar-refractivity contribution in [3.63, 3.8) is 0 Å². The molecule has 0 amide bonds. The van der Waals surface area contributed by atoms with Gasteiger partial charge in [0, 0.05) is 58.2 Å². The van der Waals surface area contributed by atoms with Gasteiger partial charge in [0.15, 0.2) is 0 Å². The van der Waals surface area contributed by atoms with Crippen molar-refractivity contribution in [2.45, 2.75) is 0 Å². The van der Waals surface area contributed by atoms with E-state index in [1.54, 1.807) is 24.6 Å². The Kier molecular flexibility index (Phi) is 13.8. The Morgan fingerprint density at radius 3 is 1.14 bits per heavy atom. The molecule has 0 aliphatic carbocycles. The van der Waals surface area contributed by atoms with Gasteiger partial charge in [0.05, 0.1) is 20.3 Å². The largest absolute Gasteiger partial charge is 0.506 e. The second-order valence-electron chi connectivity index (χ2n) is 7.12. The molecule has 0 bridgehead atoms. The van der Waals surface area contributed by atoms with Crippen molar-refractivity contribution in [1.82, 2.24) is 0 Å². The molecule has 0 unspecified atom stereocenters. The van der Waals surface area contributed by atoms with Crippen LogP contribution in [0.5, 0.6) is 11.5 Å². The van der Waals surface area contributed by atoms with Gasteiger partial charge in [-0.3, -0.25) is 9.98 Å². The average molecular weight is 927 g/mol. The van der Waals surface area contributed by atoms with E-state index in [1.807, 2.05) is 60.7 Å². The number of aliphatic imine (C=N–C) groups is 2. The van der Waals surface area contributed by atoms with Crippen LogP contribution >= 0.6 is 95.6 Å². The predicted molar refractivity (Wildman–Crippen MR) is 170 cm³/mol. The fourth-order valence-electron chi connectivity index (χ4n) is 2.71. The molecule has 4 aromatic rings. The quantitative estimate of drug-likeness (QED) is 0.200. The molecule has 4 aromatic carbocycles. The Bertz CT molecular complexity index is 1300. The molecule has 4 nitrogen and oxygen atoms in total. The summed E-state index contributed by atoms with van der Waals surface area (Å²) >= 11 is 20.1. The van der Waals surface area contributed by atoms with Crippen LogP contribution in [-0.2, 0) is 16.8 Å². The molecule has 193 valence electrons. The van der Waals surface area contributed by atoms with Gasteiger partial charge in [-0.25, -0.2) is 0 Å². The Morgan fingerprint density at radius 2 is 0.811 bits per heavy atom. The predicted octanol–water partition coefficient (Wildman–Crippen LogP) is 10.9. The van der Waals surface area contributed by atoms with Gasteiger partial charge >= 0.3 is 0 Å². The summed E-state index contributed by atoms with van der Waals surface area (Å²) < 4.78 is 5.04. The second-order valence-corrected chi connectivity index (χ2v) is 12.5. The summed E-state index contributed by atoms with van der Waals surface area (Å²) in [5, 5.41) is 19.8. The number of hydrogen-bond acceptors (Lipinski definition) is 4. The van der Waals surface area contributed by atoms with Crippen molar-refractivity contribution in [3.8, 4) is 11.5 Å². The maximum atomic E-state index is 9.88. The van der Waals surface area contributed by atoms with Crippen LogP contribution < -0.4 is 0 Å². The number of hydrogen-bond donors (Lipinski definition) is 2. The molecule has 0 fully saturated rings. The molecule has 0 aromatic heterocycles. The van der Waals surface area contributed by atoms with Crippen LogP contribution in [0.4, 0.5) is 11.4 Å². The van der Waals surface area contributed by atoms with Crippen molar-refractivity contribution in [3.05, 3.63) is 111 Å². The van der Waals surface area contributed by atoms with E-state index in [2.05, 4.69) is 106 Å². The maximum Gasteiger partial charge on any atom is 0.138 e. The van der Waals surface area contributed by atoms with Gasteiger partial charge in [0.25, 0.3) is 0 Å². The SMILES string of the molecule is Oc1c(Br)cc(Br)cc1C=Nc1ccc(Br)cc1.Oc1c(Br)cc(Br)cc1C=Nc1ccc(Br)cc1.[Co]. The smallest absolute Gasteiger partial charge is 0.138 e. The van der Waals surface area contributed by atoms with E-state index in [1.165, 1.54) is 0 Å². The zero-order valence-electron chi connectivity index (χ0n) is 18.5. The standard InChI is InChI=1S/2C13H8Br3NO.Co/c2*14-9-1-3-11(4-2-9)17-7-8-5-10(15)6-12(16)13(8)18;/h2*1-7,18H;. The molecule has 0 saturated heterocycles. The van der Waals surface area contributed by atoms with Gasteiger partial charge in [-0.2, -0.15) is 0 Å². The fraction of sp³-hybridized carbons (Fsp3) is 0. The van der Waals surface area contributed by atoms with Crippen LogP contribution in [0.1, 0.15) is 11.1 Å². The maximum absolute atomic E-state index is 9.88. The van der Waals surface area contributed by atoms with E-state index in [0.717, 1.165) is 29.3 Å². The van der Waals surface area contributed by atoms with Crippen LogP contribution in [0.15, 0.2) is 110 Å². The van der Waals surface area contributed by atoms with Crippen LogP contribution in [0.25, 0.3) is 0 Å². The zero-order valence-corrected chi connectivity index (χ0v) is 29.0. The monoisotopic (exact) mass is 921 g/mol. The van der Waals surface area contributed by atoms with Crippen molar-refractivity contribution in [2.75, 3.05) is 0 Å². The topological polar surface area (TPSA) is 65.2 Å². The summed E-state index contributed by atoms with van der Waals surface area (Å²) in [4.78, 5) is 8.63. The zero-order chi connectivity index (χ0) is 26.2. The Labute approximate surface area is 275 Å². The first-order valence-corrected chi connectivity index (χ1v) is 14.8. The van der Waals surface area contributed by atoms with Crippen LogP contribution in [0.2, 0.25) is 0 Å². The molecule has 1 radical (unpaired) electrons. The second kappa shape index (κ2) is 15.7. The summed E-state index contributed by atoms with van der Waals surface area (Å²) in [7, 11) is 0. The Hall–Kier alpha value is -0.794. The normalized spacial score (nSPS) is 10.8. The van der Waals surface area contributed by atoms with E-state index < -0.39 is 0 Å². The number of rotatable bonds is 4. The van der Waals surface area contributed by atoms with Crippen molar-refractivity contribution in [1.29, 1.82) is 0 Å². The first kappa shape index (κ1) is 32.4. The van der Waals surface area contributed by atoms with E-state index >= 15 is 0 Å². The van der Waals surface area contributed by atoms with Crippen molar-refractivity contribution in [2.24, 2.45) is 9.98 Å². The molecular weight excluding hydrogens is 911 g/mol. The molecule has 0 heterocycles. The average Bonchev–Trinajstić information content (AvgIpc) is 2.84. The number of phenols is 2. The fourth-order valence-corrected chi connectivity index (χ4v) is 5.76. The molecule has 0 aliphatic rings. The first-order valence-electron chi connectivity index (χ1n) is 10.1. The number of phenolic OH excluding ortho intramolecular Hbond substituents is 2. The Morgan fingerprint density at radius 1 is 0.486 bits per heavy atom. The minimum Gasteiger partial charge on any atom is -0.506 e. The molecule has 37 heavy (non-hydrogen) atoms. The third-order valence-corrected chi connectivity index (χ3v) is 7.66. The molecule has 0 aliphatic heterocycles. The van der Waals surface area contributed by atoms with E-state index in [0.29, 0.717) is 20.1 Å². The van der Waals surface area contributed by atoms with Gasteiger partial charge in [0.2, 0.25) is 0 Å². The number of nitrogens with zero attached hydrogens (tertiary/aromatic N) is 2. The van der Waals surface area contributed by atoms with Gasteiger partial charge in [-0.1, -0.05) is 63.7 Å². The first-order chi connectivity index (χ1) is 17.1. The molecule has 0 spiro atoms. The molecular formula is C26H16Br6CoN2O2. The molecule has 11 heteroatoms. The van der Waals surface area contributed by atoms with Crippen molar-refractivity contribution < 1.29 is 27.0 Å². The van der Waals surface area contributed by atoms with Gasteiger partial charge in [-0.15, -0.1) is 0 Å². The number of halogens is 6. The van der Waals surface area contributed by atoms with E-state index in [4.69, 9.17) is 0 Å². The minimum absolute atomic E-state index is 0. The number of aromatic hydroxyl groups is 2. The molecule has 0 saturated carbocycles. The third-order valence-electron chi connectivity index (χ3n) is 4.47. The van der Waals surface area contributed by atoms with Gasteiger partial charge < -0.3 is 10.2 Å². The van der Waals surface area contributed by atoms with Crippen molar-refractivity contribution >= 4 is 119 Å². The van der Waals surface area contributed by atoms with E-state index in [-0.39, 0.29) is 28.3 Å². The van der Waals surface area contributed by atoms with Gasteiger partial charge in [0.1, 0.15) is 11.5 Å². The summed E-state index contributed by atoms with van der Waals surface area (Å²) in [6.45, 7) is 0. The third kappa shape index (κ3) is 10.4. The van der Waals surface area contributed by atoms with E-state index in [9.17, 15) is 10.2 Å². The van der Waals surface area contributed by atoms with Crippen LogP contribution in [-0.4, -0.2) is 22.6 Å². The summed E-state index contributed by atoms with van der Waals surface area (Å²) in [6.07, 6.45) is 3.27. The summed E-state index contributed by atoms with van der Waals surface area (Å²) in [5.41, 5.74) is 2.96. The summed E-state index contributed by atoms with van der Waals surface area (Å²) in [6, 6.07) is 22.4. The minimum atomic E-state index is 0. The summed E-state index contributed by atoms with van der Waals surface area (Å²) in [5.74, 6) is 0.359. The Balaban J connectivity index is 0.000000253. The van der Waals surface area contributed by atoms with Crippen LogP contribution in [0.3, 0.4) is 0 Å². The number of benzene rings is 4. The molecule has 4 rings (SSSR count).